The number of likely N-dealkylation sites (tertiary alicyclic amines) is 1. The Labute approximate surface area is 175 Å². The van der Waals surface area contributed by atoms with E-state index in [4.69, 9.17) is 9.47 Å². The van der Waals surface area contributed by atoms with Crippen molar-refractivity contribution in [3.8, 4) is 11.5 Å². The maximum absolute atomic E-state index is 13.2. The van der Waals surface area contributed by atoms with Crippen molar-refractivity contribution in [3.63, 3.8) is 0 Å². The molecule has 1 N–H and O–H groups in total. The Bertz CT molecular complexity index is 868. The van der Waals surface area contributed by atoms with Crippen molar-refractivity contribution in [2.24, 2.45) is 0 Å². The smallest absolute Gasteiger partial charge is 0.276 e. The van der Waals surface area contributed by atoms with Crippen LogP contribution < -0.4 is 14.8 Å². The van der Waals surface area contributed by atoms with Crippen LogP contribution in [-0.4, -0.2) is 58.6 Å². The molecule has 0 spiro atoms. The molecule has 8 nitrogen and oxygen atoms in total. The highest BCUT2D eigenvalue weighted by atomic mass is 35.5. The Morgan fingerprint density at radius 2 is 1.90 bits per heavy atom. The minimum Gasteiger partial charge on any atom is -0.486 e. The highest BCUT2D eigenvalue weighted by Crippen LogP contribution is 2.38. The van der Waals surface area contributed by atoms with Gasteiger partial charge in [-0.3, -0.25) is 4.79 Å². The van der Waals surface area contributed by atoms with E-state index in [2.05, 4.69) is 15.6 Å². The number of piperidine rings is 1. The fraction of sp³-hybridized carbons (Fsp3) is 0.550. The molecule has 5 rings (SSSR count). The van der Waals surface area contributed by atoms with Gasteiger partial charge in [-0.2, -0.15) is 0 Å². The molecule has 0 saturated carbocycles. The third-order valence-corrected chi connectivity index (χ3v) is 5.88. The van der Waals surface area contributed by atoms with Crippen LogP contribution in [0.1, 0.15) is 53.8 Å². The number of rotatable bonds is 3. The van der Waals surface area contributed by atoms with Gasteiger partial charge in [-0.1, -0.05) is 11.3 Å². The quantitative estimate of drug-likeness (QED) is 0.822. The number of amides is 1. The molecule has 0 bridgehead atoms. The Balaban J connectivity index is 0.00000205. The van der Waals surface area contributed by atoms with Crippen LogP contribution in [0, 0.1) is 0 Å². The fourth-order valence-electron chi connectivity index (χ4n) is 4.40. The lowest BCUT2D eigenvalue weighted by Crippen LogP contribution is -2.31. The second-order valence-electron chi connectivity index (χ2n) is 7.62. The molecular weight excluding hydrogens is 394 g/mol. The van der Waals surface area contributed by atoms with Crippen LogP contribution in [0.15, 0.2) is 24.4 Å². The molecule has 0 radical (unpaired) electrons. The predicted octanol–water partition coefficient (Wildman–Crippen LogP) is 2.37. The molecule has 3 aliphatic heterocycles. The average Bonchev–Trinajstić information content (AvgIpc) is 3.44. The summed E-state index contributed by atoms with van der Waals surface area (Å²) in [6, 6.07) is 6.35. The van der Waals surface area contributed by atoms with Gasteiger partial charge >= 0.3 is 0 Å². The maximum Gasteiger partial charge on any atom is 0.276 e. The number of carbonyl (C=O) groups is 1. The molecule has 1 aromatic carbocycles. The summed E-state index contributed by atoms with van der Waals surface area (Å²) in [6.45, 7) is 3.83. The van der Waals surface area contributed by atoms with Crippen LogP contribution in [0.25, 0.3) is 0 Å². The molecule has 3 aliphatic rings. The zero-order valence-corrected chi connectivity index (χ0v) is 17.1. The van der Waals surface area contributed by atoms with Gasteiger partial charge in [-0.05, 0) is 56.5 Å². The lowest BCUT2D eigenvalue weighted by atomic mass is 10.0. The molecule has 2 saturated heterocycles. The Kier molecular flexibility index (Phi) is 5.91. The molecular formula is C20H26ClN5O3. The summed E-state index contributed by atoms with van der Waals surface area (Å²) in [7, 11) is 0. The van der Waals surface area contributed by atoms with Gasteiger partial charge < -0.3 is 19.7 Å². The van der Waals surface area contributed by atoms with E-state index in [1.807, 2.05) is 34.0 Å². The Morgan fingerprint density at radius 3 is 2.72 bits per heavy atom. The predicted molar refractivity (Wildman–Crippen MR) is 109 cm³/mol. The number of aromatic nitrogens is 3. The van der Waals surface area contributed by atoms with Gasteiger partial charge in [-0.15, -0.1) is 17.5 Å². The Hall–Kier alpha value is -2.32. The first-order valence-corrected chi connectivity index (χ1v) is 10.1. The molecule has 1 amide bonds. The van der Waals surface area contributed by atoms with Crippen molar-refractivity contribution < 1.29 is 14.3 Å². The van der Waals surface area contributed by atoms with E-state index >= 15 is 0 Å². The van der Waals surface area contributed by atoms with Crippen molar-refractivity contribution in [1.29, 1.82) is 0 Å². The van der Waals surface area contributed by atoms with Crippen molar-refractivity contribution in [2.45, 2.75) is 37.8 Å². The van der Waals surface area contributed by atoms with Gasteiger partial charge in [0.1, 0.15) is 13.2 Å². The largest absolute Gasteiger partial charge is 0.486 e. The topological polar surface area (TPSA) is 81.5 Å². The number of halogens is 1. The third-order valence-electron chi connectivity index (χ3n) is 5.88. The first-order valence-electron chi connectivity index (χ1n) is 10.1. The second-order valence-corrected chi connectivity index (χ2v) is 7.62. The van der Waals surface area contributed by atoms with E-state index in [0.717, 1.165) is 62.4 Å². The lowest BCUT2D eigenvalue weighted by Gasteiger charge is -2.26. The van der Waals surface area contributed by atoms with Crippen LogP contribution >= 0.6 is 12.4 Å². The summed E-state index contributed by atoms with van der Waals surface area (Å²) in [5.41, 5.74) is 1.52. The molecule has 0 aliphatic carbocycles. The van der Waals surface area contributed by atoms with E-state index in [1.54, 1.807) is 0 Å². The van der Waals surface area contributed by atoms with E-state index in [9.17, 15) is 4.79 Å². The van der Waals surface area contributed by atoms with Crippen LogP contribution in [0.2, 0.25) is 0 Å². The van der Waals surface area contributed by atoms with E-state index in [0.29, 0.717) is 24.9 Å². The molecule has 29 heavy (non-hydrogen) atoms. The molecule has 9 heteroatoms. The monoisotopic (exact) mass is 419 g/mol. The van der Waals surface area contributed by atoms with Crippen molar-refractivity contribution in [1.82, 2.24) is 25.2 Å². The van der Waals surface area contributed by atoms with Crippen molar-refractivity contribution in [2.75, 3.05) is 32.8 Å². The van der Waals surface area contributed by atoms with Gasteiger partial charge in [0.2, 0.25) is 0 Å². The molecule has 1 aromatic heterocycles. The first-order chi connectivity index (χ1) is 13.8. The van der Waals surface area contributed by atoms with Crippen molar-refractivity contribution >= 4 is 18.3 Å². The number of fused-ring (bicyclic) bond motifs is 1. The fourth-order valence-corrected chi connectivity index (χ4v) is 4.40. The zero-order valence-electron chi connectivity index (χ0n) is 16.2. The normalized spacial score (nSPS) is 21.7. The zero-order chi connectivity index (χ0) is 18.9. The van der Waals surface area contributed by atoms with Gasteiger partial charge in [0, 0.05) is 6.54 Å². The minimum atomic E-state index is -0.0439. The molecule has 2 aromatic rings. The number of hydrogen-bond acceptors (Lipinski definition) is 6. The second kappa shape index (κ2) is 8.59. The third kappa shape index (κ3) is 3.91. The van der Waals surface area contributed by atoms with Crippen LogP contribution in [-0.2, 0) is 0 Å². The number of benzene rings is 1. The summed E-state index contributed by atoms with van der Waals surface area (Å²) in [5, 5.41) is 11.8. The van der Waals surface area contributed by atoms with Crippen LogP contribution in [0.3, 0.4) is 0 Å². The van der Waals surface area contributed by atoms with Gasteiger partial charge in [0.15, 0.2) is 17.2 Å². The summed E-state index contributed by atoms with van der Waals surface area (Å²) >= 11 is 0. The summed E-state index contributed by atoms with van der Waals surface area (Å²) in [5.74, 6) is 1.49. The van der Waals surface area contributed by atoms with Crippen LogP contribution in [0.5, 0.6) is 11.5 Å². The SMILES string of the molecule is Cl.O=C(c1cn(C2CCNCC2)nn1)N1CCCC1c1ccc2c(c1)OCCO2. The van der Waals surface area contributed by atoms with Gasteiger partial charge in [0.25, 0.3) is 5.91 Å². The number of hydrogen-bond donors (Lipinski definition) is 1. The summed E-state index contributed by atoms with van der Waals surface area (Å²) < 4.78 is 13.2. The maximum atomic E-state index is 13.2. The summed E-state index contributed by atoms with van der Waals surface area (Å²) in [4.78, 5) is 15.1. The first kappa shape index (κ1) is 20.0. The molecule has 1 atom stereocenters. The average molecular weight is 420 g/mol. The van der Waals surface area contributed by atoms with Crippen molar-refractivity contribution in [3.05, 3.63) is 35.7 Å². The standard InChI is InChI=1S/C20H25N5O3.ClH/c26-20(16-13-25(23-22-16)15-5-7-21-8-6-15)24-9-1-2-17(24)14-3-4-18-19(12-14)28-11-10-27-18;/h3-4,12-13,15,17,21H,1-2,5-11H2;1H. The number of nitrogens with zero attached hydrogens (tertiary/aromatic N) is 4. The van der Waals surface area contributed by atoms with E-state index < -0.39 is 0 Å². The number of nitrogens with one attached hydrogen (secondary N) is 1. The number of ether oxygens (including phenoxy) is 2. The van der Waals surface area contributed by atoms with Gasteiger partial charge in [-0.25, -0.2) is 4.68 Å². The molecule has 2 fully saturated rings. The highest BCUT2D eigenvalue weighted by Gasteiger charge is 2.33. The Morgan fingerprint density at radius 1 is 1.10 bits per heavy atom. The number of carbonyl (C=O) groups excluding carboxylic acids is 1. The lowest BCUT2D eigenvalue weighted by molar-refractivity contribution is 0.0729. The summed E-state index contributed by atoms with van der Waals surface area (Å²) in [6.07, 6.45) is 5.76. The highest BCUT2D eigenvalue weighted by molar-refractivity contribution is 5.92. The minimum absolute atomic E-state index is 0. The van der Waals surface area contributed by atoms with E-state index in [-0.39, 0.29) is 24.4 Å². The molecule has 156 valence electrons. The van der Waals surface area contributed by atoms with Crippen LogP contribution in [0.4, 0.5) is 0 Å². The van der Waals surface area contributed by atoms with Gasteiger partial charge in [0.05, 0.1) is 18.3 Å². The molecule has 4 heterocycles. The molecule has 1 unspecified atom stereocenters. The van der Waals surface area contributed by atoms with E-state index in [1.165, 1.54) is 0 Å².